The van der Waals surface area contributed by atoms with Crippen LogP contribution < -0.4 is 10.6 Å². The molecule has 0 unspecified atom stereocenters. The number of hydrogen-bond donors (Lipinski definition) is 2. The molecule has 2 aromatic rings. The molecule has 0 aliphatic carbocycles. The van der Waals surface area contributed by atoms with Crippen LogP contribution in [0.3, 0.4) is 0 Å². The lowest BCUT2D eigenvalue weighted by Crippen LogP contribution is -2.37. The molecule has 0 saturated carbocycles. The van der Waals surface area contributed by atoms with Crippen LogP contribution >= 0.6 is 0 Å². The van der Waals surface area contributed by atoms with Crippen molar-refractivity contribution < 1.29 is 4.79 Å². The van der Waals surface area contributed by atoms with Crippen LogP contribution in [-0.2, 0) is 10.2 Å². The van der Waals surface area contributed by atoms with Gasteiger partial charge in [0.25, 0.3) is 0 Å². The summed E-state index contributed by atoms with van der Waals surface area (Å²) in [6.07, 6.45) is 2.03. The second-order valence-electron chi connectivity index (χ2n) is 7.07. The summed E-state index contributed by atoms with van der Waals surface area (Å²) in [4.78, 5) is 12.6. The molecule has 3 rings (SSSR count). The summed E-state index contributed by atoms with van der Waals surface area (Å²) < 4.78 is 0. The number of hydrogen-bond acceptors (Lipinski definition) is 2. The highest BCUT2D eigenvalue weighted by atomic mass is 16.1. The number of rotatable bonds is 4. The van der Waals surface area contributed by atoms with Gasteiger partial charge < -0.3 is 10.6 Å². The lowest BCUT2D eigenvalue weighted by Gasteiger charge is -2.29. The van der Waals surface area contributed by atoms with Crippen LogP contribution in [0.2, 0.25) is 0 Å². The van der Waals surface area contributed by atoms with E-state index in [4.69, 9.17) is 0 Å². The van der Waals surface area contributed by atoms with Crippen molar-refractivity contribution >= 4 is 11.6 Å². The second kappa shape index (κ2) is 7.18. The molecule has 24 heavy (non-hydrogen) atoms. The molecule has 1 aliphatic rings. The maximum Gasteiger partial charge on any atom is 0.228 e. The second-order valence-corrected chi connectivity index (χ2v) is 7.07. The number of piperidine rings is 1. The van der Waals surface area contributed by atoms with Crippen molar-refractivity contribution in [3.05, 3.63) is 65.7 Å². The Morgan fingerprint density at radius 3 is 2.50 bits per heavy atom. The molecular weight excluding hydrogens is 296 g/mol. The third-order valence-corrected chi connectivity index (χ3v) is 5.02. The van der Waals surface area contributed by atoms with Gasteiger partial charge in [-0.2, -0.15) is 0 Å². The number of para-hydroxylation sites is 1. The predicted molar refractivity (Wildman–Crippen MR) is 99.2 cm³/mol. The molecule has 0 spiro atoms. The SMILES string of the molecule is CC(C)(c1ccccc1)c1ccccc1NC(=O)[C@H]1CCCNC1. The first-order valence-electron chi connectivity index (χ1n) is 8.75. The van der Waals surface area contributed by atoms with Gasteiger partial charge >= 0.3 is 0 Å². The normalized spacial score (nSPS) is 18.2. The van der Waals surface area contributed by atoms with E-state index in [9.17, 15) is 4.79 Å². The Bertz CT molecular complexity index is 688. The quantitative estimate of drug-likeness (QED) is 0.895. The molecule has 2 N–H and O–H groups in total. The third kappa shape index (κ3) is 3.51. The fourth-order valence-electron chi connectivity index (χ4n) is 3.46. The minimum atomic E-state index is -0.171. The molecule has 0 bridgehead atoms. The first-order valence-corrected chi connectivity index (χ1v) is 8.75. The molecule has 126 valence electrons. The fraction of sp³-hybridized carbons (Fsp3) is 0.381. The van der Waals surface area contributed by atoms with Crippen molar-refractivity contribution in [1.29, 1.82) is 0 Å². The van der Waals surface area contributed by atoms with Gasteiger partial charge in [-0.25, -0.2) is 0 Å². The fourth-order valence-corrected chi connectivity index (χ4v) is 3.46. The van der Waals surface area contributed by atoms with E-state index in [1.54, 1.807) is 0 Å². The summed E-state index contributed by atoms with van der Waals surface area (Å²) in [7, 11) is 0. The van der Waals surface area contributed by atoms with Crippen molar-refractivity contribution in [2.75, 3.05) is 18.4 Å². The first kappa shape index (κ1) is 16.7. The van der Waals surface area contributed by atoms with E-state index in [2.05, 4.69) is 54.8 Å². The standard InChI is InChI=1S/C21H26N2O/c1-21(2,17-10-4-3-5-11-17)18-12-6-7-13-19(18)23-20(24)16-9-8-14-22-15-16/h3-7,10-13,16,22H,8-9,14-15H2,1-2H3,(H,23,24)/t16-/m0/s1. The van der Waals surface area contributed by atoms with E-state index < -0.39 is 0 Å². The molecule has 1 aliphatic heterocycles. The molecule has 1 amide bonds. The third-order valence-electron chi connectivity index (χ3n) is 5.02. The zero-order valence-corrected chi connectivity index (χ0v) is 14.5. The maximum absolute atomic E-state index is 12.6. The highest BCUT2D eigenvalue weighted by Crippen LogP contribution is 2.36. The summed E-state index contributed by atoms with van der Waals surface area (Å²) >= 11 is 0. The molecule has 1 heterocycles. The Balaban J connectivity index is 1.86. The average molecular weight is 322 g/mol. The maximum atomic E-state index is 12.6. The van der Waals surface area contributed by atoms with E-state index >= 15 is 0 Å². The zero-order chi connectivity index (χ0) is 17.0. The van der Waals surface area contributed by atoms with Crippen LogP contribution in [-0.4, -0.2) is 19.0 Å². The minimum absolute atomic E-state index is 0.0617. The molecule has 3 heteroatoms. The number of nitrogens with one attached hydrogen (secondary N) is 2. The number of carbonyl (C=O) groups excluding carboxylic acids is 1. The highest BCUT2D eigenvalue weighted by Gasteiger charge is 2.27. The van der Waals surface area contributed by atoms with E-state index in [0.717, 1.165) is 37.2 Å². The summed E-state index contributed by atoms with van der Waals surface area (Å²) in [6.45, 7) is 6.20. The van der Waals surface area contributed by atoms with Gasteiger partial charge in [-0.15, -0.1) is 0 Å². The van der Waals surface area contributed by atoms with Crippen LogP contribution in [0.1, 0.15) is 37.8 Å². The summed E-state index contributed by atoms with van der Waals surface area (Å²) in [5.74, 6) is 0.185. The first-order chi connectivity index (χ1) is 11.6. The zero-order valence-electron chi connectivity index (χ0n) is 14.5. The molecule has 1 fully saturated rings. The molecular formula is C21H26N2O. The van der Waals surface area contributed by atoms with Gasteiger partial charge in [-0.1, -0.05) is 62.4 Å². The van der Waals surface area contributed by atoms with Crippen molar-refractivity contribution in [3.8, 4) is 0 Å². The number of anilines is 1. The van der Waals surface area contributed by atoms with Crippen LogP contribution in [0.4, 0.5) is 5.69 Å². The Labute approximate surface area is 144 Å². The van der Waals surface area contributed by atoms with Gasteiger partial charge in [-0.3, -0.25) is 4.79 Å². The number of carbonyl (C=O) groups is 1. The average Bonchev–Trinajstić information content (AvgIpc) is 2.63. The lowest BCUT2D eigenvalue weighted by atomic mass is 9.77. The molecule has 1 saturated heterocycles. The topological polar surface area (TPSA) is 41.1 Å². The monoisotopic (exact) mass is 322 g/mol. The Hall–Kier alpha value is -2.13. The largest absolute Gasteiger partial charge is 0.326 e. The number of benzene rings is 2. The van der Waals surface area contributed by atoms with Gasteiger partial charge in [-0.05, 0) is 36.6 Å². The van der Waals surface area contributed by atoms with Crippen LogP contribution in [0.25, 0.3) is 0 Å². The minimum Gasteiger partial charge on any atom is -0.326 e. The Morgan fingerprint density at radius 2 is 1.79 bits per heavy atom. The van der Waals surface area contributed by atoms with Crippen molar-refractivity contribution in [1.82, 2.24) is 5.32 Å². The Morgan fingerprint density at radius 1 is 1.08 bits per heavy atom. The van der Waals surface area contributed by atoms with Gasteiger partial charge in [0.15, 0.2) is 0 Å². The van der Waals surface area contributed by atoms with Crippen molar-refractivity contribution in [3.63, 3.8) is 0 Å². The number of amides is 1. The summed E-state index contributed by atoms with van der Waals surface area (Å²) in [5.41, 5.74) is 3.14. The van der Waals surface area contributed by atoms with Gasteiger partial charge in [0, 0.05) is 17.6 Å². The summed E-state index contributed by atoms with van der Waals surface area (Å²) in [6, 6.07) is 18.6. The van der Waals surface area contributed by atoms with Gasteiger partial charge in [0.1, 0.15) is 0 Å². The van der Waals surface area contributed by atoms with Crippen molar-refractivity contribution in [2.45, 2.75) is 32.1 Å². The van der Waals surface area contributed by atoms with Crippen LogP contribution in [0.15, 0.2) is 54.6 Å². The van der Waals surface area contributed by atoms with E-state index in [-0.39, 0.29) is 17.2 Å². The molecule has 1 atom stereocenters. The van der Waals surface area contributed by atoms with E-state index in [1.165, 1.54) is 5.56 Å². The predicted octanol–water partition coefficient (Wildman–Crippen LogP) is 3.95. The van der Waals surface area contributed by atoms with Crippen LogP contribution in [0, 0.1) is 5.92 Å². The van der Waals surface area contributed by atoms with Crippen molar-refractivity contribution in [2.24, 2.45) is 5.92 Å². The van der Waals surface area contributed by atoms with E-state index in [1.807, 2.05) is 24.3 Å². The summed E-state index contributed by atoms with van der Waals surface area (Å²) in [5, 5.41) is 6.49. The molecule has 3 nitrogen and oxygen atoms in total. The molecule has 0 radical (unpaired) electrons. The Kier molecular flexibility index (Phi) is 5.00. The highest BCUT2D eigenvalue weighted by molar-refractivity contribution is 5.93. The van der Waals surface area contributed by atoms with E-state index in [0.29, 0.717) is 0 Å². The lowest BCUT2D eigenvalue weighted by molar-refractivity contribution is -0.120. The molecule has 2 aromatic carbocycles. The smallest absolute Gasteiger partial charge is 0.228 e. The molecule has 0 aromatic heterocycles. The van der Waals surface area contributed by atoms with Gasteiger partial charge in [0.05, 0.1) is 5.92 Å². The van der Waals surface area contributed by atoms with Crippen LogP contribution in [0.5, 0.6) is 0 Å². The van der Waals surface area contributed by atoms with Gasteiger partial charge in [0.2, 0.25) is 5.91 Å².